The summed E-state index contributed by atoms with van der Waals surface area (Å²) in [6.45, 7) is 6.89. The molecule has 0 aliphatic carbocycles. The predicted octanol–water partition coefficient (Wildman–Crippen LogP) is 1.95. The first-order valence-corrected chi connectivity index (χ1v) is 6.65. The molecule has 0 aliphatic rings. The molecule has 0 fully saturated rings. The molecule has 108 valence electrons. The second-order valence-corrected chi connectivity index (χ2v) is 5.42. The molecule has 1 aromatic heterocycles. The lowest BCUT2D eigenvalue weighted by atomic mass is 9.86. The van der Waals surface area contributed by atoms with Crippen molar-refractivity contribution in [2.75, 3.05) is 11.9 Å². The van der Waals surface area contributed by atoms with Gasteiger partial charge in [-0.05, 0) is 19.3 Å². The fraction of sp³-hybridized carbons (Fsp3) is 0.692. The van der Waals surface area contributed by atoms with Crippen molar-refractivity contribution in [1.82, 2.24) is 9.78 Å². The third-order valence-electron chi connectivity index (χ3n) is 3.34. The van der Waals surface area contributed by atoms with E-state index in [-0.39, 0.29) is 11.3 Å². The van der Waals surface area contributed by atoms with Crippen LogP contribution in [0.2, 0.25) is 0 Å². The molecule has 1 rings (SSSR count). The highest BCUT2D eigenvalue weighted by molar-refractivity contribution is 5.85. The first kappa shape index (κ1) is 15.3. The summed E-state index contributed by atoms with van der Waals surface area (Å²) in [5, 5.41) is 19.6. The predicted molar refractivity (Wildman–Crippen MR) is 77.5 cm³/mol. The topological polar surface area (TPSA) is 88.5 Å². The highest BCUT2D eigenvalue weighted by Crippen LogP contribution is 2.22. The maximum absolute atomic E-state index is 8.71. The van der Waals surface area contributed by atoms with Gasteiger partial charge >= 0.3 is 0 Å². The summed E-state index contributed by atoms with van der Waals surface area (Å²) < 4.78 is 1.82. The highest BCUT2D eigenvalue weighted by Gasteiger charge is 2.22. The largest absolute Gasteiger partial charge is 0.409 e. The number of hydrogen-bond acceptors (Lipinski definition) is 4. The Labute approximate surface area is 114 Å². The number of nitrogens with one attached hydrogen (secondary N) is 1. The van der Waals surface area contributed by atoms with Gasteiger partial charge in [0.15, 0.2) is 0 Å². The summed E-state index contributed by atoms with van der Waals surface area (Å²) >= 11 is 0. The maximum atomic E-state index is 8.71. The van der Waals surface area contributed by atoms with Gasteiger partial charge in [-0.15, -0.1) is 0 Å². The second-order valence-electron chi connectivity index (χ2n) is 5.42. The Bertz CT molecular complexity index is 436. The summed E-state index contributed by atoms with van der Waals surface area (Å²) in [6.07, 6.45) is 4.71. The molecule has 0 amide bonds. The first-order valence-electron chi connectivity index (χ1n) is 6.65. The molecule has 19 heavy (non-hydrogen) atoms. The van der Waals surface area contributed by atoms with Crippen LogP contribution >= 0.6 is 0 Å². The molecular weight excluding hydrogens is 242 g/mol. The summed E-state index contributed by atoms with van der Waals surface area (Å²) in [6, 6.07) is 0. The maximum Gasteiger partial charge on any atom is 0.144 e. The Kier molecular flexibility index (Phi) is 5.20. The summed E-state index contributed by atoms with van der Waals surface area (Å²) in [4.78, 5) is 0. The normalized spacial score (nSPS) is 12.7. The zero-order valence-electron chi connectivity index (χ0n) is 12.3. The van der Waals surface area contributed by atoms with Crippen LogP contribution in [0.25, 0.3) is 0 Å². The third-order valence-corrected chi connectivity index (χ3v) is 3.34. The number of rotatable bonds is 7. The number of anilines is 1. The minimum Gasteiger partial charge on any atom is -0.409 e. The van der Waals surface area contributed by atoms with Gasteiger partial charge in [0.2, 0.25) is 0 Å². The number of amidine groups is 1. The number of nitrogens with zero attached hydrogens (tertiary/aromatic N) is 3. The van der Waals surface area contributed by atoms with Crippen LogP contribution in [0.4, 0.5) is 5.69 Å². The Morgan fingerprint density at radius 2 is 2.26 bits per heavy atom. The van der Waals surface area contributed by atoms with Gasteiger partial charge in [-0.25, -0.2) is 0 Å². The van der Waals surface area contributed by atoms with Gasteiger partial charge in [0.25, 0.3) is 0 Å². The quantitative estimate of drug-likeness (QED) is 0.232. The molecule has 0 saturated heterocycles. The Balaban J connectivity index is 2.43. The van der Waals surface area contributed by atoms with E-state index < -0.39 is 0 Å². The van der Waals surface area contributed by atoms with E-state index in [2.05, 4.69) is 22.5 Å². The standard InChI is InChI=1S/C13H25N5O/c1-5-10-11(9-18(4)16-10)15-8-6-7-13(2,3)12(14)17-19/h9,15,19H,5-8H2,1-4H3,(H2,14,17). The molecule has 6 nitrogen and oxygen atoms in total. The average molecular weight is 267 g/mol. The molecule has 0 saturated carbocycles. The Morgan fingerprint density at radius 3 is 2.84 bits per heavy atom. The number of nitrogens with two attached hydrogens (primary N) is 1. The summed E-state index contributed by atoms with van der Waals surface area (Å²) in [7, 11) is 1.92. The fourth-order valence-corrected chi connectivity index (χ4v) is 1.96. The van der Waals surface area contributed by atoms with Gasteiger partial charge < -0.3 is 16.3 Å². The smallest absolute Gasteiger partial charge is 0.144 e. The van der Waals surface area contributed by atoms with Crippen molar-refractivity contribution in [3.05, 3.63) is 11.9 Å². The van der Waals surface area contributed by atoms with Crippen LogP contribution in [-0.4, -0.2) is 27.4 Å². The lowest BCUT2D eigenvalue weighted by molar-refractivity contribution is 0.305. The molecule has 6 heteroatoms. The second kappa shape index (κ2) is 6.45. The van der Waals surface area contributed by atoms with Crippen molar-refractivity contribution >= 4 is 11.5 Å². The average Bonchev–Trinajstić information content (AvgIpc) is 2.74. The number of oxime groups is 1. The highest BCUT2D eigenvalue weighted by atomic mass is 16.4. The van der Waals surface area contributed by atoms with E-state index in [4.69, 9.17) is 10.9 Å². The molecule has 4 N–H and O–H groups in total. The fourth-order valence-electron chi connectivity index (χ4n) is 1.96. The molecule has 0 aliphatic heterocycles. The third kappa shape index (κ3) is 4.15. The van der Waals surface area contributed by atoms with Gasteiger partial charge in [0, 0.05) is 25.2 Å². The van der Waals surface area contributed by atoms with Crippen LogP contribution in [0.1, 0.15) is 39.3 Å². The van der Waals surface area contributed by atoms with Crippen molar-refractivity contribution in [3.63, 3.8) is 0 Å². The van der Waals surface area contributed by atoms with Crippen LogP contribution in [0.5, 0.6) is 0 Å². The van der Waals surface area contributed by atoms with E-state index in [1.807, 2.05) is 31.8 Å². The van der Waals surface area contributed by atoms with Crippen molar-refractivity contribution in [2.45, 2.75) is 40.0 Å². The Hall–Kier alpha value is -1.72. The van der Waals surface area contributed by atoms with Gasteiger partial charge in [0.1, 0.15) is 5.84 Å². The van der Waals surface area contributed by atoms with Gasteiger partial charge in [-0.1, -0.05) is 25.9 Å². The monoisotopic (exact) mass is 267 g/mol. The summed E-state index contributed by atoms with van der Waals surface area (Å²) in [5.74, 6) is 0.281. The van der Waals surface area contributed by atoms with Crippen LogP contribution in [-0.2, 0) is 13.5 Å². The molecule has 1 aromatic rings. The summed E-state index contributed by atoms with van der Waals surface area (Å²) in [5.41, 5.74) is 7.55. The van der Waals surface area contributed by atoms with Crippen molar-refractivity contribution in [3.8, 4) is 0 Å². The van der Waals surface area contributed by atoms with E-state index in [0.717, 1.165) is 37.2 Å². The van der Waals surface area contributed by atoms with E-state index in [1.165, 1.54) is 0 Å². The van der Waals surface area contributed by atoms with E-state index in [1.54, 1.807) is 0 Å². The van der Waals surface area contributed by atoms with Gasteiger partial charge in [0.05, 0.1) is 11.4 Å². The minimum atomic E-state index is -0.279. The van der Waals surface area contributed by atoms with Gasteiger partial charge in [-0.3, -0.25) is 4.68 Å². The van der Waals surface area contributed by atoms with Crippen molar-refractivity contribution < 1.29 is 5.21 Å². The van der Waals surface area contributed by atoms with Crippen molar-refractivity contribution in [2.24, 2.45) is 23.4 Å². The van der Waals surface area contributed by atoms with Crippen LogP contribution < -0.4 is 11.1 Å². The molecule has 0 radical (unpaired) electrons. The van der Waals surface area contributed by atoms with E-state index in [9.17, 15) is 0 Å². The zero-order chi connectivity index (χ0) is 14.5. The van der Waals surface area contributed by atoms with Crippen LogP contribution in [0.3, 0.4) is 0 Å². The van der Waals surface area contributed by atoms with Crippen molar-refractivity contribution in [1.29, 1.82) is 0 Å². The number of aromatic nitrogens is 2. The molecular formula is C13H25N5O. The molecule has 0 atom stereocenters. The lowest BCUT2D eigenvalue weighted by Crippen LogP contribution is -2.32. The van der Waals surface area contributed by atoms with Crippen LogP contribution in [0.15, 0.2) is 11.4 Å². The van der Waals surface area contributed by atoms with Crippen LogP contribution in [0, 0.1) is 5.41 Å². The lowest BCUT2D eigenvalue weighted by Gasteiger charge is -2.22. The minimum absolute atomic E-state index is 0.279. The van der Waals surface area contributed by atoms with E-state index in [0.29, 0.717) is 0 Å². The Morgan fingerprint density at radius 1 is 1.58 bits per heavy atom. The molecule has 0 spiro atoms. The first-order chi connectivity index (χ1) is 8.90. The SMILES string of the molecule is CCc1nn(C)cc1NCCCC(C)(C)/C(N)=N/O. The van der Waals surface area contributed by atoms with Gasteiger partial charge in [-0.2, -0.15) is 5.10 Å². The number of aryl methyl sites for hydroxylation is 2. The molecule has 1 heterocycles. The molecule has 0 aromatic carbocycles. The zero-order valence-corrected chi connectivity index (χ0v) is 12.3. The molecule has 0 unspecified atom stereocenters. The van der Waals surface area contributed by atoms with E-state index >= 15 is 0 Å². The number of hydrogen-bond donors (Lipinski definition) is 3. The molecule has 0 bridgehead atoms.